The Kier molecular flexibility index (Phi) is 6.50. The molecule has 5 heteroatoms. The van der Waals surface area contributed by atoms with E-state index in [0.29, 0.717) is 10.9 Å². The third-order valence-corrected chi connectivity index (χ3v) is 7.26. The number of nitrogens with zero attached hydrogens (tertiary/aromatic N) is 1. The first-order valence-corrected chi connectivity index (χ1v) is 12.1. The van der Waals surface area contributed by atoms with Gasteiger partial charge >= 0.3 is 0 Å². The molecule has 0 bridgehead atoms. The molecule has 1 aliphatic rings. The lowest BCUT2D eigenvalue weighted by molar-refractivity contribution is 0.208. The molecule has 4 nitrogen and oxygen atoms in total. The highest BCUT2D eigenvalue weighted by molar-refractivity contribution is 7.90. The minimum Gasteiger partial charge on any atom is -0.381 e. The van der Waals surface area contributed by atoms with Crippen molar-refractivity contribution in [1.82, 2.24) is 4.90 Å². The van der Waals surface area contributed by atoms with E-state index in [2.05, 4.69) is 34.5 Å². The average molecular weight is 421 g/mol. The van der Waals surface area contributed by atoms with Gasteiger partial charge in [0, 0.05) is 24.8 Å². The van der Waals surface area contributed by atoms with Gasteiger partial charge in [-0.15, -0.1) is 0 Å². The smallest absolute Gasteiger partial charge is 0.182 e. The summed E-state index contributed by atoms with van der Waals surface area (Å²) in [6.07, 6.45) is 2.22. The van der Waals surface area contributed by atoms with Gasteiger partial charge in [0.05, 0.1) is 10.6 Å². The van der Waals surface area contributed by atoms with E-state index in [9.17, 15) is 8.42 Å². The van der Waals surface area contributed by atoms with Crippen LogP contribution in [-0.2, 0) is 22.1 Å². The van der Waals surface area contributed by atoms with Crippen LogP contribution in [0.4, 0.5) is 5.69 Å². The summed E-state index contributed by atoms with van der Waals surface area (Å²) in [6.45, 7) is 2.99. The Morgan fingerprint density at radius 2 is 1.53 bits per heavy atom. The first kappa shape index (κ1) is 20.6. The van der Waals surface area contributed by atoms with Crippen LogP contribution in [-0.4, -0.2) is 32.4 Å². The van der Waals surface area contributed by atoms with Crippen LogP contribution in [0.2, 0.25) is 0 Å². The Balaban J connectivity index is 1.45. The second kappa shape index (κ2) is 9.45. The van der Waals surface area contributed by atoms with Crippen molar-refractivity contribution in [2.45, 2.75) is 36.1 Å². The molecule has 30 heavy (non-hydrogen) atoms. The standard InChI is InChI=1S/C25H28N2O2S/c28-30(29,24-14-5-2-6-15-24)20-22-12-7-8-16-25(22)26-23-13-9-17-27(19-23)18-21-10-3-1-4-11-21/h1-8,10-12,14-16,23,26H,9,13,17-20H2. The van der Waals surface area contributed by atoms with Gasteiger partial charge in [0.2, 0.25) is 0 Å². The number of nitrogens with one attached hydrogen (secondary N) is 1. The third kappa shape index (κ3) is 5.29. The fourth-order valence-electron chi connectivity index (χ4n) is 4.08. The molecule has 0 saturated carbocycles. The number of para-hydroxylation sites is 1. The molecule has 0 aliphatic carbocycles. The highest BCUT2D eigenvalue weighted by atomic mass is 32.2. The van der Waals surface area contributed by atoms with Gasteiger partial charge in [0.15, 0.2) is 9.84 Å². The summed E-state index contributed by atoms with van der Waals surface area (Å²) < 4.78 is 25.7. The van der Waals surface area contributed by atoms with Crippen LogP contribution in [0.5, 0.6) is 0 Å². The largest absolute Gasteiger partial charge is 0.381 e. The van der Waals surface area contributed by atoms with Gasteiger partial charge in [-0.05, 0) is 48.7 Å². The Hall–Kier alpha value is -2.63. The average Bonchev–Trinajstić information content (AvgIpc) is 2.77. The van der Waals surface area contributed by atoms with Crippen LogP contribution in [0, 0.1) is 0 Å². The van der Waals surface area contributed by atoms with Gasteiger partial charge in [-0.3, -0.25) is 4.90 Å². The number of anilines is 1. The Labute approximate surface area is 179 Å². The molecule has 0 aromatic heterocycles. The predicted octanol–water partition coefficient (Wildman–Crippen LogP) is 4.74. The lowest BCUT2D eigenvalue weighted by Crippen LogP contribution is -2.41. The van der Waals surface area contributed by atoms with Crippen LogP contribution in [0.3, 0.4) is 0 Å². The van der Waals surface area contributed by atoms with Gasteiger partial charge < -0.3 is 5.32 Å². The quantitative estimate of drug-likeness (QED) is 0.600. The van der Waals surface area contributed by atoms with Gasteiger partial charge in [-0.25, -0.2) is 8.42 Å². The van der Waals surface area contributed by atoms with Crippen molar-refractivity contribution in [2.24, 2.45) is 0 Å². The lowest BCUT2D eigenvalue weighted by atomic mass is 10.0. The molecule has 0 spiro atoms. The van der Waals surface area contributed by atoms with E-state index >= 15 is 0 Å². The number of piperidine rings is 1. The molecule has 0 radical (unpaired) electrons. The molecule has 156 valence electrons. The number of sulfone groups is 1. The summed E-state index contributed by atoms with van der Waals surface area (Å²) in [6, 6.07) is 27.3. The van der Waals surface area contributed by atoms with E-state index in [-0.39, 0.29) is 5.75 Å². The lowest BCUT2D eigenvalue weighted by Gasteiger charge is -2.34. The van der Waals surface area contributed by atoms with Gasteiger partial charge in [0.1, 0.15) is 0 Å². The highest BCUT2D eigenvalue weighted by Gasteiger charge is 2.22. The van der Waals surface area contributed by atoms with Crippen molar-refractivity contribution < 1.29 is 8.42 Å². The molecular weight excluding hydrogens is 392 g/mol. The maximum absolute atomic E-state index is 12.9. The molecule has 1 saturated heterocycles. The summed E-state index contributed by atoms with van der Waals surface area (Å²) in [5, 5.41) is 3.63. The fraction of sp³-hybridized carbons (Fsp3) is 0.280. The van der Waals surface area contributed by atoms with Gasteiger partial charge in [-0.1, -0.05) is 66.7 Å². The number of benzene rings is 3. The van der Waals surface area contributed by atoms with Crippen LogP contribution in [0.15, 0.2) is 89.8 Å². The molecule has 3 aromatic carbocycles. The van der Waals surface area contributed by atoms with Crippen LogP contribution >= 0.6 is 0 Å². The number of hydrogen-bond acceptors (Lipinski definition) is 4. The van der Waals surface area contributed by atoms with Crippen molar-refractivity contribution in [3.63, 3.8) is 0 Å². The minimum absolute atomic E-state index is 0.000631. The second-order valence-corrected chi connectivity index (χ2v) is 9.92. The molecule has 1 fully saturated rings. The topological polar surface area (TPSA) is 49.4 Å². The Bertz CT molecular complexity index is 1050. The fourth-order valence-corrected chi connectivity index (χ4v) is 5.48. The number of likely N-dealkylation sites (tertiary alicyclic amines) is 1. The Morgan fingerprint density at radius 1 is 0.867 bits per heavy atom. The van der Waals surface area contributed by atoms with E-state index in [1.54, 1.807) is 24.3 Å². The van der Waals surface area contributed by atoms with Crippen molar-refractivity contribution in [3.05, 3.63) is 96.1 Å². The van der Waals surface area contributed by atoms with Crippen LogP contribution in [0.25, 0.3) is 0 Å². The van der Waals surface area contributed by atoms with Crippen LogP contribution in [0.1, 0.15) is 24.0 Å². The molecule has 1 aliphatic heterocycles. The summed E-state index contributed by atoms with van der Waals surface area (Å²) in [5.41, 5.74) is 3.07. The van der Waals surface area contributed by atoms with E-state index in [0.717, 1.165) is 43.7 Å². The first-order valence-electron chi connectivity index (χ1n) is 10.5. The summed E-state index contributed by atoms with van der Waals surface area (Å²) in [7, 11) is -3.38. The SMILES string of the molecule is O=S(=O)(Cc1ccccc1NC1CCCN(Cc2ccccc2)C1)c1ccccc1. The number of rotatable bonds is 7. The van der Waals surface area contributed by atoms with E-state index in [1.165, 1.54) is 5.56 Å². The molecular formula is C25H28N2O2S. The van der Waals surface area contributed by atoms with Crippen molar-refractivity contribution in [3.8, 4) is 0 Å². The van der Waals surface area contributed by atoms with Crippen molar-refractivity contribution >= 4 is 15.5 Å². The molecule has 0 amide bonds. The zero-order valence-corrected chi connectivity index (χ0v) is 17.9. The molecule has 1 N–H and O–H groups in total. The zero-order chi connectivity index (χ0) is 20.8. The summed E-state index contributed by atoms with van der Waals surface area (Å²) in [4.78, 5) is 2.84. The first-order chi connectivity index (χ1) is 14.6. The summed E-state index contributed by atoms with van der Waals surface area (Å²) in [5.74, 6) is 0.000631. The Morgan fingerprint density at radius 3 is 2.30 bits per heavy atom. The van der Waals surface area contributed by atoms with Crippen molar-refractivity contribution in [1.29, 1.82) is 0 Å². The maximum Gasteiger partial charge on any atom is 0.182 e. The number of hydrogen-bond donors (Lipinski definition) is 1. The highest BCUT2D eigenvalue weighted by Crippen LogP contribution is 2.25. The normalized spacial score (nSPS) is 17.5. The second-order valence-electron chi connectivity index (χ2n) is 7.93. The monoisotopic (exact) mass is 420 g/mol. The molecule has 1 heterocycles. The molecule has 3 aromatic rings. The molecule has 4 rings (SSSR count). The third-order valence-electron chi connectivity index (χ3n) is 5.58. The van der Waals surface area contributed by atoms with Crippen molar-refractivity contribution in [2.75, 3.05) is 18.4 Å². The maximum atomic E-state index is 12.9. The van der Waals surface area contributed by atoms with E-state index in [1.807, 2.05) is 36.4 Å². The van der Waals surface area contributed by atoms with E-state index < -0.39 is 9.84 Å². The zero-order valence-electron chi connectivity index (χ0n) is 17.1. The minimum atomic E-state index is -3.38. The van der Waals surface area contributed by atoms with E-state index in [4.69, 9.17) is 0 Å². The molecule has 1 atom stereocenters. The molecule has 1 unspecified atom stereocenters. The predicted molar refractivity (Wildman–Crippen MR) is 122 cm³/mol. The van der Waals surface area contributed by atoms with Crippen LogP contribution < -0.4 is 5.32 Å². The van der Waals surface area contributed by atoms with Gasteiger partial charge in [0.25, 0.3) is 0 Å². The van der Waals surface area contributed by atoms with Gasteiger partial charge in [-0.2, -0.15) is 0 Å². The summed E-state index contributed by atoms with van der Waals surface area (Å²) >= 11 is 0.